The largest absolute Gasteiger partial charge is 0.305 e. The first-order valence-corrected chi connectivity index (χ1v) is 13.8. The molecule has 178 valence electrons. The molecule has 1 aliphatic rings. The average molecular weight is 562 g/mol. The molecule has 0 unspecified atom stereocenters. The number of piperidine rings is 1. The van der Waals surface area contributed by atoms with Gasteiger partial charge in [-0.25, -0.2) is 8.42 Å². The molecule has 0 atom stereocenters. The zero-order chi connectivity index (χ0) is 24.3. The van der Waals surface area contributed by atoms with E-state index < -0.39 is 10.0 Å². The van der Waals surface area contributed by atoms with Gasteiger partial charge in [-0.3, -0.25) is 4.79 Å². The predicted octanol–water partition coefficient (Wildman–Crippen LogP) is 6.17. The van der Waals surface area contributed by atoms with Crippen LogP contribution in [0.25, 0.3) is 0 Å². The summed E-state index contributed by atoms with van der Waals surface area (Å²) in [5.74, 6) is -0.190. The van der Waals surface area contributed by atoms with E-state index in [9.17, 15) is 13.2 Å². The highest BCUT2D eigenvalue weighted by Crippen LogP contribution is 2.30. The fourth-order valence-corrected chi connectivity index (χ4v) is 6.20. The van der Waals surface area contributed by atoms with Crippen molar-refractivity contribution >= 4 is 49.1 Å². The van der Waals surface area contributed by atoms with Gasteiger partial charge >= 0.3 is 0 Å². The van der Waals surface area contributed by atoms with Crippen molar-refractivity contribution < 1.29 is 13.2 Å². The molecule has 1 saturated heterocycles. The van der Waals surface area contributed by atoms with Crippen LogP contribution in [-0.2, 0) is 16.4 Å². The van der Waals surface area contributed by atoms with Gasteiger partial charge in [0, 0.05) is 29.3 Å². The van der Waals surface area contributed by atoms with E-state index in [4.69, 9.17) is 11.6 Å². The Hall–Kier alpha value is -2.19. The quantitative estimate of drug-likeness (QED) is 0.362. The molecular weight excluding hydrogens is 536 g/mol. The number of aryl methyl sites for hydroxylation is 1. The molecule has 0 N–H and O–H groups in total. The second-order valence-electron chi connectivity index (χ2n) is 8.26. The van der Waals surface area contributed by atoms with E-state index >= 15 is 0 Å². The molecule has 0 bridgehead atoms. The Morgan fingerprint density at radius 1 is 1.00 bits per heavy atom. The van der Waals surface area contributed by atoms with Gasteiger partial charge in [-0.15, -0.1) is 0 Å². The van der Waals surface area contributed by atoms with Crippen molar-refractivity contribution in [3.63, 3.8) is 0 Å². The average Bonchev–Trinajstić information content (AvgIpc) is 2.86. The normalized spacial score (nSPS) is 15.3. The summed E-state index contributed by atoms with van der Waals surface area (Å²) in [4.78, 5) is 15.7. The van der Waals surface area contributed by atoms with E-state index in [1.165, 1.54) is 4.31 Å². The second kappa shape index (κ2) is 10.6. The van der Waals surface area contributed by atoms with Crippen molar-refractivity contribution in [1.29, 1.82) is 0 Å². The Morgan fingerprint density at radius 2 is 1.62 bits per heavy atom. The van der Waals surface area contributed by atoms with Gasteiger partial charge in [0.1, 0.15) is 0 Å². The number of carbonyl (C=O) groups is 1. The van der Waals surface area contributed by atoms with Gasteiger partial charge < -0.3 is 4.90 Å². The smallest absolute Gasteiger partial charge is 0.260 e. The minimum atomic E-state index is -3.58. The van der Waals surface area contributed by atoms with E-state index in [2.05, 4.69) is 15.9 Å². The third-order valence-electron chi connectivity index (χ3n) is 6.19. The van der Waals surface area contributed by atoms with Gasteiger partial charge in [-0.2, -0.15) is 4.31 Å². The van der Waals surface area contributed by atoms with Crippen LogP contribution in [0.15, 0.2) is 82.2 Å². The molecule has 8 heteroatoms. The Labute approximate surface area is 214 Å². The Morgan fingerprint density at radius 3 is 2.21 bits per heavy atom. The summed E-state index contributed by atoms with van der Waals surface area (Å²) in [6.45, 7) is 2.71. The summed E-state index contributed by atoms with van der Waals surface area (Å²) in [7, 11) is -3.58. The summed E-state index contributed by atoms with van der Waals surface area (Å²) in [5, 5.41) is 0.394. The van der Waals surface area contributed by atoms with Crippen molar-refractivity contribution in [3.8, 4) is 0 Å². The Bertz CT molecular complexity index is 1260. The number of carbonyl (C=O) groups excluding carboxylic acids is 1. The van der Waals surface area contributed by atoms with Gasteiger partial charge in [0.05, 0.1) is 15.5 Å². The molecule has 1 heterocycles. The molecule has 0 saturated carbocycles. The third-order valence-corrected chi connectivity index (χ3v) is 8.96. The maximum Gasteiger partial charge on any atom is 0.260 e. The van der Waals surface area contributed by atoms with Crippen LogP contribution in [0.2, 0.25) is 5.02 Å². The SMILES string of the molecule is CCc1ccc(S(=O)(=O)N2CCC(N(C(=O)c3ccccc3Cl)c3ccc(Br)cc3)CC2)cc1. The van der Waals surface area contributed by atoms with Crippen LogP contribution in [0.1, 0.15) is 35.7 Å². The predicted molar refractivity (Wildman–Crippen MR) is 140 cm³/mol. The van der Waals surface area contributed by atoms with E-state index in [0.29, 0.717) is 41.4 Å². The molecule has 1 aliphatic heterocycles. The van der Waals surface area contributed by atoms with Crippen molar-refractivity contribution in [3.05, 3.63) is 93.4 Å². The summed E-state index contributed by atoms with van der Waals surface area (Å²) in [6.07, 6.45) is 1.91. The standard InChI is InChI=1S/C26H26BrClN2O3S/c1-2-19-7-13-23(14-8-19)34(32,33)29-17-15-22(16-18-29)30(21-11-9-20(27)10-12-21)26(31)24-5-3-4-6-25(24)28/h3-14,22H,2,15-18H2,1H3. The molecule has 3 aromatic rings. The topological polar surface area (TPSA) is 57.7 Å². The number of rotatable bonds is 6. The summed E-state index contributed by atoms with van der Waals surface area (Å²) in [5.41, 5.74) is 2.28. The number of nitrogens with zero attached hydrogens (tertiary/aromatic N) is 2. The molecular formula is C26H26BrClN2O3S. The molecule has 0 aromatic heterocycles. The number of anilines is 1. The van der Waals surface area contributed by atoms with Gasteiger partial charge in [0.2, 0.25) is 10.0 Å². The minimum Gasteiger partial charge on any atom is -0.305 e. The van der Waals surface area contributed by atoms with Crippen LogP contribution >= 0.6 is 27.5 Å². The molecule has 5 nitrogen and oxygen atoms in total. The van der Waals surface area contributed by atoms with Crippen molar-refractivity contribution in [2.75, 3.05) is 18.0 Å². The lowest BCUT2D eigenvalue weighted by Crippen LogP contribution is -2.49. The first-order valence-electron chi connectivity index (χ1n) is 11.2. The van der Waals surface area contributed by atoms with Gasteiger partial charge in [0.25, 0.3) is 5.91 Å². The van der Waals surface area contributed by atoms with Crippen LogP contribution in [0.3, 0.4) is 0 Å². The molecule has 4 rings (SSSR count). The lowest BCUT2D eigenvalue weighted by Gasteiger charge is -2.38. The van der Waals surface area contributed by atoms with Gasteiger partial charge in [-0.05, 0) is 73.4 Å². The van der Waals surface area contributed by atoms with Crippen LogP contribution in [0.4, 0.5) is 5.69 Å². The van der Waals surface area contributed by atoms with Crippen molar-refractivity contribution in [1.82, 2.24) is 4.31 Å². The van der Waals surface area contributed by atoms with E-state index in [1.807, 2.05) is 43.3 Å². The van der Waals surface area contributed by atoms with Crippen molar-refractivity contribution in [2.24, 2.45) is 0 Å². The highest BCUT2D eigenvalue weighted by Gasteiger charge is 2.34. The fraction of sp³-hybridized carbons (Fsp3) is 0.269. The number of hydrogen-bond donors (Lipinski definition) is 0. The Balaban J connectivity index is 1.57. The summed E-state index contributed by atoms with van der Waals surface area (Å²) in [6, 6.07) is 21.5. The minimum absolute atomic E-state index is 0.154. The number of benzene rings is 3. The lowest BCUT2D eigenvalue weighted by molar-refractivity contribution is 0.0968. The number of sulfonamides is 1. The van der Waals surface area contributed by atoms with E-state index in [0.717, 1.165) is 22.1 Å². The number of hydrogen-bond acceptors (Lipinski definition) is 3. The molecule has 1 fully saturated rings. The molecule has 1 amide bonds. The van der Waals surface area contributed by atoms with E-state index in [1.54, 1.807) is 41.3 Å². The highest BCUT2D eigenvalue weighted by atomic mass is 79.9. The Kier molecular flexibility index (Phi) is 7.77. The monoisotopic (exact) mass is 560 g/mol. The van der Waals surface area contributed by atoms with E-state index in [-0.39, 0.29) is 11.9 Å². The summed E-state index contributed by atoms with van der Waals surface area (Å²) < 4.78 is 28.8. The van der Waals surface area contributed by atoms with Gasteiger partial charge in [-0.1, -0.05) is 58.7 Å². The number of amides is 1. The molecule has 0 radical (unpaired) electrons. The highest BCUT2D eigenvalue weighted by molar-refractivity contribution is 9.10. The second-order valence-corrected chi connectivity index (χ2v) is 11.5. The molecule has 0 aliphatic carbocycles. The van der Waals surface area contributed by atoms with Crippen LogP contribution < -0.4 is 4.90 Å². The zero-order valence-corrected chi connectivity index (χ0v) is 22.0. The first kappa shape index (κ1) is 24.9. The van der Waals surface area contributed by atoms with Gasteiger partial charge in [0.15, 0.2) is 0 Å². The third kappa shape index (κ3) is 5.23. The zero-order valence-electron chi connectivity index (χ0n) is 18.8. The molecule has 3 aromatic carbocycles. The fourth-order valence-electron chi connectivity index (χ4n) is 4.25. The lowest BCUT2D eigenvalue weighted by atomic mass is 10.0. The maximum absolute atomic E-state index is 13.6. The van der Waals surface area contributed by atoms with Crippen LogP contribution in [0, 0.1) is 0 Å². The van der Waals surface area contributed by atoms with Crippen LogP contribution in [-0.4, -0.2) is 37.8 Å². The molecule has 0 spiro atoms. The van der Waals surface area contributed by atoms with Crippen LogP contribution in [0.5, 0.6) is 0 Å². The summed E-state index contributed by atoms with van der Waals surface area (Å²) >= 11 is 9.79. The molecule has 34 heavy (non-hydrogen) atoms. The maximum atomic E-state index is 13.6. The first-order chi connectivity index (χ1) is 16.3. The van der Waals surface area contributed by atoms with Crippen molar-refractivity contribution in [2.45, 2.75) is 37.1 Å². The number of halogens is 2.